The summed E-state index contributed by atoms with van der Waals surface area (Å²) >= 11 is 0. The second kappa shape index (κ2) is 11.1. The number of amides is 1. The van der Waals surface area contributed by atoms with E-state index >= 15 is 0 Å². The molecule has 1 fully saturated rings. The van der Waals surface area contributed by atoms with Crippen molar-refractivity contribution in [2.45, 2.75) is 50.5 Å². The first kappa shape index (κ1) is 26.6. The summed E-state index contributed by atoms with van der Waals surface area (Å²) in [7, 11) is -3.71. The molecule has 7 nitrogen and oxygen atoms in total. The summed E-state index contributed by atoms with van der Waals surface area (Å²) < 4.78 is 59.2. The number of hydrogen-bond donors (Lipinski definition) is 1. The highest BCUT2D eigenvalue weighted by molar-refractivity contribution is 7.89. The monoisotopic (exact) mass is 505 g/mol. The van der Waals surface area contributed by atoms with Crippen molar-refractivity contribution in [1.29, 1.82) is 5.26 Å². The maximum Gasteiger partial charge on any atom is 0.243 e. The van der Waals surface area contributed by atoms with Gasteiger partial charge in [0.05, 0.1) is 23.1 Å². The van der Waals surface area contributed by atoms with Crippen LogP contribution in [0.5, 0.6) is 5.75 Å². The minimum absolute atomic E-state index is 0.0327. The van der Waals surface area contributed by atoms with Crippen molar-refractivity contribution in [2.24, 2.45) is 5.41 Å². The number of carbonyl (C=O) groups is 1. The number of nitrogens with one attached hydrogen (secondary N) is 1. The zero-order valence-corrected chi connectivity index (χ0v) is 20.6. The van der Waals surface area contributed by atoms with Gasteiger partial charge in [-0.05, 0) is 56.0 Å². The molecule has 1 heterocycles. The van der Waals surface area contributed by atoms with E-state index in [1.807, 2.05) is 19.9 Å². The van der Waals surface area contributed by atoms with Gasteiger partial charge in [-0.1, -0.05) is 19.9 Å². The van der Waals surface area contributed by atoms with Gasteiger partial charge in [-0.2, -0.15) is 9.57 Å². The third kappa shape index (κ3) is 6.77. The Bertz CT molecular complexity index is 1200. The summed E-state index contributed by atoms with van der Waals surface area (Å²) in [6, 6.07) is 10.8. The molecule has 1 aliphatic heterocycles. The summed E-state index contributed by atoms with van der Waals surface area (Å²) in [6.07, 6.45) is 1.94. The number of carbonyl (C=O) groups excluding carboxylic acids is 1. The lowest BCUT2D eigenvalue weighted by Crippen LogP contribution is -2.49. The van der Waals surface area contributed by atoms with Crippen molar-refractivity contribution >= 4 is 15.9 Å². The lowest BCUT2D eigenvalue weighted by Gasteiger charge is -2.33. The molecule has 35 heavy (non-hydrogen) atoms. The number of nitrogens with zero attached hydrogens (tertiary/aromatic N) is 2. The number of benzene rings is 2. The van der Waals surface area contributed by atoms with Gasteiger partial charge in [0.2, 0.25) is 15.9 Å². The van der Waals surface area contributed by atoms with Crippen LogP contribution in [0, 0.1) is 28.4 Å². The van der Waals surface area contributed by atoms with Gasteiger partial charge in [-0.15, -0.1) is 0 Å². The minimum atomic E-state index is -3.71. The second-order valence-electron chi connectivity index (χ2n) is 9.20. The van der Waals surface area contributed by atoms with Crippen molar-refractivity contribution in [3.05, 3.63) is 59.7 Å². The van der Waals surface area contributed by atoms with E-state index in [4.69, 9.17) is 10.00 Å². The molecule has 3 rings (SSSR count). The van der Waals surface area contributed by atoms with Gasteiger partial charge >= 0.3 is 0 Å². The van der Waals surface area contributed by atoms with E-state index in [1.54, 1.807) is 12.1 Å². The molecule has 0 saturated carbocycles. The van der Waals surface area contributed by atoms with Gasteiger partial charge in [-0.3, -0.25) is 4.79 Å². The third-order valence-electron chi connectivity index (χ3n) is 6.10. The van der Waals surface area contributed by atoms with Crippen molar-refractivity contribution in [3.63, 3.8) is 0 Å². The fraction of sp³-hybridized carbons (Fsp3) is 0.440. The molecule has 0 aliphatic carbocycles. The number of rotatable bonds is 9. The van der Waals surface area contributed by atoms with Crippen LogP contribution in [0.1, 0.15) is 45.1 Å². The molecule has 188 valence electrons. The number of ether oxygens (including phenoxy) is 1. The summed E-state index contributed by atoms with van der Waals surface area (Å²) in [5, 5.41) is 12.0. The van der Waals surface area contributed by atoms with Gasteiger partial charge < -0.3 is 10.1 Å². The number of nitriles is 1. The van der Waals surface area contributed by atoms with Crippen molar-refractivity contribution in [2.75, 3.05) is 19.7 Å². The Morgan fingerprint density at radius 2 is 1.91 bits per heavy atom. The predicted octanol–water partition coefficient (Wildman–Crippen LogP) is 3.99. The first-order chi connectivity index (χ1) is 16.5. The zero-order chi connectivity index (χ0) is 25.6. The average molecular weight is 506 g/mol. The normalized spacial score (nSPS) is 15.4. The smallest absolute Gasteiger partial charge is 0.243 e. The Morgan fingerprint density at radius 3 is 2.57 bits per heavy atom. The lowest BCUT2D eigenvalue weighted by molar-refractivity contribution is -0.130. The van der Waals surface area contributed by atoms with E-state index in [0.29, 0.717) is 25.7 Å². The van der Waals surface area contributed by atoms with Gasteiger partial charge in [0.1, 0.15) is 5.82 Å². The molecule has 0 unspecified atom stereocenters. The molecule has 0 aromatic heterocycles. The summed E-state index contributed by atoms with van der Waals surface area (Å²) in [5.74, 6) is -1.62. The van der Waals surface area contributed by atoms with E-state index in [2.05, 4.69) is 5.32 Å². The highest BCUT2D eigenvalue weighted by Crippen LogP contribution is 2.26. The molecule has 0 atom stereocenters. The molecular formula is C25H29F2N3O4S. The van der Waals surface area contributed by atoms with Crippen LogP contribution in [0.4, 0.5) is 8.78 Å². The van der Waals surface area contributed by atoms with Gasteiger partial charge in [0.15, 0.2) is 11.6 Å². The van der Waals surface area contributed by atoms with Gasteiger partial charge in [-0.25, -0.2) is 17.2 Å². The molecule has 2 aromatic rings. The van der Waals surface area contributed by atoms with Crippen LogP contribution >= 0.6 is 0 Å². The minimum Gasteiger partial charge on any atom is -0.491 e. The van der Waals surface area contributed by atoms with Crippen LogP contribution in [0.15, 0.2) is 47.4 Å². The maximum atomic E-state index is 13.6. The van der Waals surface area contributed by atoms with E-state index < -0.39 is 27.1 Å². The molecule has 0 radical (unpaired) electrons. The van der Waals surface area contributed by atoms with Crippen LogP contribution in [0.2, 0.25) is 0 Å². The Kier molecular flexibility index (Phi) is 8.46. The molecule has 2 aromatic carbocycles. The summed E-state index contributed by atoms with van der Waals surface area (Å²) in [4.78, 5) is 12.9. The van der Waals surface area contributed by atoms with E-state index in [1.165, 1.54) is 22.5 Å². The Labute approximate surface area is 204 Å². The Balaban J connectivity index is 1.46. The van der Waals surface area contributed by atoms with Crippen molar-refractivity contribution in [3.8, 4) is 11.8 Å². The lowest BCUT2D eigenvalue weighted by atomic mass is 9.86. The number of hydrogen-bond acceptors (Lipinski definition) is 5. The van der Waals surface area contributed by atoms with Crippen LogP contribution in [0.25, 0.3) is 0 Å². The molecule has 1 amide bonds. The maximum absolute atomic E-state index is 13.6. The van der Waals surface area contributed by atoms with Gasteiger partial charge in [0, 0.05) is 30.6 Å². The third-order valence-corrected chi connectivity index (χ3v) is 8.00. The topological polar surface area (TPSA) is 99.5 Å². The fourth-order valence-electron chi connectivity index (χ4n) is 3.90. The van der Waals surface area contributed by atoms with Crippen molar-refractivity contribution in [1.82, 2.24) is 9.62 Å². The number of halogens is 2. The van der Waals surface area contributed by atoms with Crippen LogP contribution in [0.3, 0.4) is 0 Å². The number of piperidine rings is 1. The van der Waals surface area contributed by atoms with Gasteiger partial charge in [0.25, 0.3) is 0 Å². The standard InChI is InChI=1S/C25H29F2N3O4S/c1-25(2,11-4-14-34-23-8-7-19(26)16-22(23)27)24(31)29-20-9-12-30(13-10-20)35(32,33)21-6-3-5-18(15-21)17-28/h3,5-8,15-16,20H,4,9-14H2,1-2H3,(H,29,31). The quantitative estimate of drug-likeness (QED) is 0.520. The molecule has 0 bridgehead atoms. The largest absolute Gasteiger partial charge is 0.491 e. The van der Waals surface area contributed by atoms with E-state index in [0.717, 1.165) is 12.1 Å². The summed E-state index contributed by atoms with van der Waals surface area (Å²) in [5.41, 5.74) is -0.422. The number of sulfonamides is 1. The summed E-state index contributed by atoms with van der Waals surface area (Å²) in [6.45, 7) is 4.33. The average Bonchev–Trinajstić information content (AvgIpc) is 2.83. The highest BCUT2D eigenvalue weighted by Gasteiger charge is 2.33. The Hall–Kier alpha value is -3.03. The predicted molar refractivity (Wildman–Crippen MR) is 126 cm³/mol. The first-order valence-corrected chi connectivity index (χ1v) is 12.9. The van der Waals surface area contributed by atoms with E-state index in [9.17, 15) is 22.0 Å². The highest BCUT2D eigenvalue weighted by atomic mass is 32.2. The molecule has 1 saturated heterocycles. The molecule has 10 heteroatoms. The Morgan fingerprint density at radius 1 is 1.20 bits per heavy atom. The van der Waals surface area contributed by atoms with Crippen LogP contribution < -0.4 is 10.1 Å². The molecular weight excluding hydrogens is 476 g/mol. The molecule has 0 spiro atoms. The fourth-order valence-corrected chi connectivity index (χ4v) is 5.41. The van der Waals surface area contributed by atoms with Crippen LogP contribution in [-0.2, 0) is 14.8 Å². The molecule has 1 aliphatic rings. The SMILES string of the molecule is CC(C)(CCCOc1ccc(F)cc1F)C(=O)NC1CCN(S(=O)(=O)c2cccc(C#N)c2)CC1. The second-order valence-corrected chi connectivity index (χ2v) is 11.1. The van der Waals surface area contributed by atoms with Crippen molar-refractivity contribution < 1.29 is 26.7 Å². The van der Waals surface area contributed by atoms with Crippen LogP contribution in [-0.4, -0.2) is 44.4 Å². The van der Waals surface area contributed by atoms with E-state index in [-0.39, 0.29) is 47.9 Å². The first-order valence-electron chi connectivity index (χ1n) is 11.4. The zero-order valence-electron chi connectivity index (χ0n) is 19.8. The molecule has 1 N–H and O–H groups in total.